The fourth-order valence-corrected chi connectivity index (χ4v) is 2.76. The molecule has 1 aromatic heterocycles. The van der Waals surface area contributed by atoms with Gasteiger partial charge in [0, 0.05) is 19.2 Å². The highest BCUT2D eigenvalue weighted by Gasteiger charge is 2.34. The summed E-state index contributed by atoms with van der Waals surface area (Å²) in [5.74, 6) is -2.32. The number of methoxy groups -OCH3 is 1. The number of carbonyl (C=O) groups excluding carboxylic acids is 3. The fourth-order valence-electron chi connectivity index (χ4n) is 2.76. The number of carbonyl (C=O) groups is 3. The maximum absolute atomic E-state index is 13.6. The monoisotopic (exact) mass is 496 g/mol. The lowest BCUT2D eigenvalue weighted by Crippen LogP contribution is -2.45. The number of ether oxygens (including phenoxy) is 5. The van der Waals surface area contributed by atoms with Crippen LogP contribution in [0.2, 0.25) is 0 Å². The minimum Gasteiger partial charge on any atom is -0.493 e. The number of benzene rings is 1. The molecule has 0 bridgehead atoms. The van der Waals surface area contributed by atoms with Crippen LogP contribution in [0.4, 0.5) is 8.78 Å². The summed E-state index contributed by atoms with van der Waals surface area (Å²) in [6.45, 7) is 3.24. The molecule has 12 heteroatoms. The predicted molar refractivity (Wildman–Crippen MR) is 117 cm³/mol. The van der Waals surface area contributed by atoms with E-state index >= 15 is 0 Å². The van der Waals surface area contributed by atoms with Crippen molar-refractivity contribution >= 4 is 17.8 Å². The summed E-state index contributed by atoms with van der Waals surface area (Å²) < 4.78 is 52.7. The zero-order valence-electron chi connectivity index (χ0n) is 19.5. The zero-order chi connectivity index (χ0) is 26.0. The number of alkyl halides is 2. The van der Waals surface area contributed by atoms with Crippen molar-refractivity contribution in [3.8, 4) is 17.2 Å². The minimum atomic E-state index is -3.04. The molecule has 1 N–H and O–H groups in total. The summed E-state index contributed by atoms with van der Waals surface area (Å²) in [5.41, 5.74) is -0.289. The average Bonchev–Trinajstić information content (AvgIpc) is 2.82. The first kappa shape index (κ1) is 27.3. The van der Waals surface area contributed by atoms with Crippen molar-refractivity contribution in [2.75, 3.05) is 13.9 Å². The van der Waals surface area contributed by atoms with Crippen LogP contribution >= 0.6 is 0 Å². The first-order valence-electron chi connectivity index (χ1n) is 10.4. The van der Waals surface area contributed by atoms with Gasteiger partial charge in [0.1, 0.15) is 17.9 Å². The third-order valence-corrected chi connectivity index (χ3v) is 4.50. The van der Waals surface area contributed by atoms with Crippen molar-refractivity contribution in [3.63, 3.8) is 0 Å². The second kappa shape index (κ2) is 13.1. The van der Waals surface area contributed by atoms with E-state index in [0.717, 1.165) is 0 Å². The van der Waals surface area contributed by atoms with Crippen molar-refractivity contribution in [2.24, 2.45) is 0 Å². The van der Waals surface area contributed by atoms with E-state index in [4.69, 9.17) is 23.7 Å². The molecule has 1 heterocycles. The van der Waals surface area contributed by atoms with Crippen LogP contribution in [0.15, 0.2) is 42.6 Å². The first-order valence-corrected chi connectivity index (χ1v) is 10.4. The van der Waals surface area contributed by atoms with Crippen LogP contribution in [0.1, 0.15) is 31.3 Å². The van der Waals surface area contributed by atoms with E-state index < -0.39 is 49.3 Å². The van der Waals surface area contributed by atoms with E-state index in [1.54, 1.807) is 30.3 Å². The van der Waals surface area contributed by atoms with Gasteiger partial charge in [0.15, 0.2) is 23.3 Å². The number of halogens is 2. The molecule has 190 valence electrons. The Hall–Kier alpha value is -3.96. The van der Waals surface area contributed by atoms with E-state index in [2.05, 4.69) is 10.3 Å². The van der Waals surface area contributed by atoms with E-state index in [9.17, 15) is 23.2 Å². The average molecular weight is 496 g/mol. The number of rotatable bonds is 12. The van der Waals surface area contributed by atoms with Gasteiger partial charge in [-0.25, -0.2) is 18.6 Å². The zero-order valence-corrected chi connectivity index (χ0v) is 19.5. The van der Waals surface area contributed by atoms with Crippen molar-refractivity contribution in [3.05, 3.63) is 48.3 Å². The van der Waals surface area contributed by atoms with E-state index in [0.29, 0.717) is 5.75 Å². The number of hydrogen-bond donors (Lipinski definition) is 1. The number of para-hydroxylation sites is 1. The molecule has 2 aromatic rings. The molecule has 0 aliphatic rings. The number of amides is 1. The smallest absolute Gasteiger partial charge is 0.328 e. The number of nitrogens with one attached hydrogen (secondary N) is 1. The Bertz CT molecular complexity index is 1010. The Labute approximate surface area is 200 Å². The standard InChI is InChI=1S/C23H26F2N2O8/c1-13(23(30)35-19(21(24)25)14(2)34-16-8-6-5-7-9-16)27-22(29)18-20(33-12-32-15(3)28)17(31-4)10-11-26-18/h5-11,13-14,19,21H,12H2,1-4H3,(H,27,29)/t13-,14-,19-/m0/s1. The molecule has 1 aromatic carbocycles. The quantitative estimate of drug-likeness (QED) is 0.349. The van der Waals surface area contributed by atoms with Crippen LogP contribution in [0.25, 0.3) is 0 Å². The van der Waals surface area contributed by atoms with Crippen molar-refractivity contribution in [2.45, 2.75) is 45.4 Å². The van der Waals surface area contributed by atoms with Crippen LogP contribution in [-0.2, 0) is 19.1 Å². The second-order valence-corrected chi connectivity index (χ2v) is 7.16. The summed E-state index contributed by atoms with van der Waals surface area (Å²) in [5, 5.41) is 2.31. The molecule has 0 fully saturated rings. The van der Waals surface area contributed by atoms with Crippen LogP contribution in [0.5, 0.6) is 17.2 Å². The minimum absolute atomic E-state index is 0.109. The Morgan fingerprint density at radius 1 is 1.09 bits per heavy atom. The van der Waals surface area contributed by atoms with Crippen molar-refractivity contribution < 1.29 is 46.8 Å². The first-order chi connectivity index (χ1) is 16.6. The van der Waals surface area contributed by atoms with Gasteiger partial charge in [-0.15, -0.1) is 0 Å². The van der Waals surface area contributed by atoms with Crippen LogP contribution in [-0.4, -0.2) is 61.4 Å². The predicted octanol–water partition coefficient (Wildman–Crippen LogP) is 2.75. The van der Waals surface area contributed by atoms with Gasteiger partial charge >= 0.3 is 11.9 Å². The highest BCUT2D eigenvalue weighted by Crippen LogP contribution is 2.29. The van der Waals surface area contributed by atoms with Gasteiger partial charge in [0.25, 0.3) is 12.3 Å². The molecule has 35 heavy (non-hydrogen) atoms. The molecule has 0 radical (unpaired) electrons. The SMILES string of the molecule is COc1ccnc(C(=O)N[C@@H](C)C(=O)O[C@H](C(F)F)[C@H](C)Oc2ccccc2)c1OCOC(C)=O. The molecular formula is C23H26F2N2O8. The third kappa shape index (κ3) is 8.09. The summed E-state index contributed by atoms with van der Waals surface area (Å²) >= 11 is 0. The fraction of sp³-hybridized carbons (Fsp3) is 0.391. The molecule has 0 spiro atoms. The number of pyridine rings is 1. The highest BCUT2D eigenvalue weighted by atomic mass is 19.3. The summed E-state index contributed by atoms with van der Waals surface area (Å²) in [4.78, 5) is 40.1. The lowest BCUT2D eigenvalue weighted by molar-refractivity contribution is -0.167. The third-order valence-electron chi connectivity index (χ3n) is 4.50. The summed E-state index contributed by atoms with van der Waals surface area (Å²) in [6.07, 6.45) is -4.85. The van der Waals surface area contributed by atoms with Gasteiger partial charge in [0.2, 0.25) is 6.79 Å². The number of aromatic nitrogens is 1. The molecule has 0 aliphatic carbocycles. The van der Waals surface area contributed by atoms with Gasteiger partial charge in [-0.05, 0) is 26.0 Å². The van der Waals surface area contributed by atoms with Gasteiger partial charge in [-0.1, -0.05) is 18.2 Å². The second-order valence-electron chi connectivity index (χ2n) is 7.16. The molecule has 2 rings (SSSR count). The molecular weight excluding hydrogens is 470 g/mol. The lowest BCUT2D eigenvalue weighted by Gasteiger charge is -2.25. The summed E-state index contributed by atoms with van der Waals surface area (Å²) in [7, 11) is 1.32. The Kier molecular flexibility index (Phi) is 10.2. The van der Waals surface area contributed by atoms with Crippen LogP contribution in [0.3, 0.4) is 0 Å². The number of nitrogens with zero attached hydrogens (tertiary/aromatic N) is 1. The molecule has 1 amide bonds. The molecule has 0 saturated heterocycles. The molecule has 0 aliphatic heterocycles. The molecule has 3 atom stereocenters. The lowest BCUT2D eigenvalue weighted by atomic mass is 10.2. The Morgan fingerprint density at radius 2 is 1.77 bits per heavy atom. The van der Waals surface area contributed by atoms with Gasteiger partial charge in [-0.2, -0.15) is 0 Å². The molecule has 0 saturated carbocycles. The van der Waals surface area contributed by atoms with Crippen LogP contribution in [0, 0.1) is 0 Å². The largest absolute Gasteiger partial charge is 0.493 e. The van der Waals surface area contributed by atoms with E-state index in [1.807, 2.05) is 0 Å². The summed E-state index contributed by atoms with van der Waals surface area (Å²) in [6, 6.07) is 8.29. The number of esters is 2. The van der Waals surface area contributed by atoms with Crippen LogP contribution < -0.4 is 19.5 Å². The van der Waals surface area contributed by atoms with E-state index in [-0.39, 0.29) is 17.2 Å². The molecule has 0 unspecified atom stereocenters. The maximum Gasteiger partial charge on any atom is 0.328 e. The van der Waals surface area contributed by atoms with Crippen molar-refractivity contribution in [1.29, 1.82) is 0 Å². The highest BCUT2D eigenvalue weighted by molar-refractivity contribution is 5.98. The number of hydrogen-bond acceptors (Lipinski definition) is 9. The van der Waals surface area contributed by atoms with E-state index in [1.165, 1.54) is 40.1 Å². The van der Waals surface area contributed by atoms with Gasteiger partial charge < -0.3 is 29.0 Å². The normalized spacial score (nSPS) is 13.2. The van der Waals surface area contributed by atoms with Gasteiger partial charge in [-0.3, -0.25) is 9.59 Å². The van der Waals surface area contributed by atoms with Gasteiger partial charge in [0.05, 0.1) is 7.11 Å². The topological polar surface area (TPSA) is 122 Å². The Morgan fingerprint density at radius 3 is 2.37 bits per heavy atom. The maximum atomic E-state index is 13.6. The Balaban J connectivity index is 2.08. The molecule has 10 nitrogen and oxygen atoms in total. The van der Waals surface area contributed by atoms with Crippen molar-refractivity contribution in [1.82, 2.24) is 10.3 Å².